The normalized spacial score (nSPS) is 17.2. The molecule has 1 unspecified atom stereocenters. The molecule has 1 aliphatic rings. The molecule has 0 saturated carbocycles. The van der Waals surface area contributed by atoms with E-state index in [4.69, 9.17) is 4.74 Å². The number of carboxylic acids is 1. The number of carbonyl (C=O) groups excluding carboxylic acids is 2. The second-order valence-corrected chi connectivity index (χ2v) is 7.48. The number of carbonyl (C=O) groups is 3. The Morgan fingerprint density at radius 1 is 1.15 bits per heavy atom. The highest BCUT2D eigenvalue weighted by molar-refractivity contribution is 5.97. The minimum atomic E-state index is -1.02. The average molecular weight is 376 g/mol. The van der Waals surface area contributed by atoms with Crippen molar-refractivity contribution in [2.75, 3.05) is 19.8 Å². The Kier molecular flexibility index (Phi) is 6.96. The molecule has 1 aromatic rings. The first-order valence-corrected chi connectivity index (χ1v) is 9.21. The number of ether oxygens (including phenoxy) is 1. The number of aryl methyl sites for hydroxylation is 1. The molecular formula is C20H28N2O5. The van der Waals surface area contributed by atoms with Crippen molar-refractivity contribution < 1.29 is 24.2 Å². The van der Waals surface area contributed by atoms with Crippen LogP contribution in [0.2, 0.25) is 0 Å². The first-order valence-electron chi connectivity index (χ1n) is 9.21. The SMILES string of the molecule is Cc1ccc(C(=O)NC(C(=O)NCC2(C(=O)O)CCOCC2)C(C)C)cc1. The highest BCUT2D eigenvalue weighted by Crippen LogP contribution is 2.30. The molecule has 7 nitrogen and oxygen atoms in total. The summed E-state index contributed by atoms with van der Waals surface area (Å²) in [5.41, 5.74) is 0.502. The molecule has 148 valence electrons. The van der Waals surface area contributed by atoms with E-state index in [2.05, 4.69) is 10.6 Å². The fraction of sp³-hybridized carbons (Fsp3) is 0.550. The summed E-state index contributed by atoms with van der Waals surface area (Å²) in [6, 6.07) is 6.34. The Balaban J connectivity index is 2.02. The molecule has 2 amide bonds. The molecule has 0 radical (unpaired) electrons. The molecule has 2 rings (SSSR count). The largest absolute Gasteiger partial charge is 0.481 e. The van der Waals surface area contributed by atoms with Crippen molar-refractivity contribution in [1.29, 1.82) is 0 Å². The van der Waals surface area contributed by atoms with Crippen molar-refractivity contribution in [2.45, 2.75) is 39.7 Å². The summed E-state index contributed by atoms with van der Waals surface area (Å²) >= 11 is 0. The average Bonchev–Trinajstić information content (AvgIpc) is 2.65. The van der Waals surface area contributed by atoms with Crippen LogP contribution < -0.4 is 10.6 Å². The van der Waals surface area contributed by atoms with Crippen LogP contribution in [0.4, 0.5) is 0 Å². The van der Waals surface area contributed by atoms with Gasteiger partial charge in [-0.1, -0.05) is 31.5 Å². The lowest BCUT2D eigenvalue weighted by molar-refractivity contribution is -0.154. The molecular weight excluding hydrogens is 348 g/mol. The zero-order valence-electron chi connectivity index (χ0n) is 16.1. The monoisotopic (exact) mass is 376 g/mol. The van der Waals surface area contributed by atoms with Gasteiger partial charge in [-0.15, -0.1) is 0 Å². The van der Waals surface area contributed by atoms with Crippen molar-refractivity contribution in [2.24, 2.45) is 11.3 Å². The molecule has 0 spiro atoms. The second-order valence-electron chi connectivity index (χ2n) is 7.48. The van der Waals surface area contributed by atoms with Crippen molar-refractivity contribution in [3.05, 3.63) is 35.4 Å². The van der Waals surface area contributed by atoms with Gasteiger partial charge in [-0.05, 0) is 37.8 Å². The van der Waals surface area contributed by atoms with Gasteiger partial charge >= 0.3 is 5.97 Å². The Morgan fingerprint density at radius 3 is 2.26 bits per heavy atom. The van der Waals surface area contributed by atoms with Crippen LogP contribution in [0.15, 0.2) is 24.3 Å². The molecule has 7 heteroatoms. The van der Waals surface area contributed by atoms with Gasteiger partial charge in [-0.2, -0.15) is 0 Å². The summed E-state index contributed by atoms with van der Waals surface area (Å²) in [6.07, 6.45) is 0.704. The van der Waals surface area contributed by atoms with Gasteiger partial charge in [0, 0.05) is 25.3 Å². The van der Waals surface area contributed by atoms with Gasteiger partial charge in [0.05, 0.1) is 5.41 Å². The standard InChI is InChI=1S/C20H28N2O5/c1-13(2)16(22-17(23)15-6-4-14(3)5-7-15)18(24)21-12-20(19(25)26)8-10-27-11-9-20/h4-7,13,16H,8-12H2,1-3H3,(H,21,24)(H,22,23)(H,25,26). The number of benzene rings is 1. The van der Waals surface area contributed by atoms with Crippen LogP contribution >= 0.6 is 0 Å². The van der Waals surface area contributed by atoms with Crippen LogP contribution in [0.5, 0.6) is 0 Å². The molecule has 1 heterocycles. The molecule has 1 saturated heterocycles. The van der Waals surface area contributed by atoms with Crippen LogP contribution in [0.25, 0.3) is 0 Å². The maximum absolute atomic E-state index is 12.7. The number of hydrogen-bond donors (Lipinski definition) is 3. The van der Waals surface area contributed by atoms with Gasteiger partial charge in [0.15, 0.2) is 0 Å². The predicted molar refractivity (Wildman–Crippen MR) is 100 cm³/mol. The smallest absolute Gasteiger partial charge is 0.311 e. The van der Waals surface area contributed by atoms with Gasteiger partial charge in [0.2, 0.25) is 5.91 Å². The lowest BCUT2D eigenvalue weighted by Crippen LogP contribution is -2.53. The minimum absolute atomic E-state index is 0.0220. The number of aliphatic carboxylic acids is 1. The highest BCUT2D eigenvalue weighted by atomic mass is 16.5. The number of rotatable bonds is 7. The fourth-order valence-corrected chi connectivity index (χ4v) is 3.06. The van der Waals surface area contributed by atoms with Gasteiger partial charge in [-0.3, -0.25) is 14.4 Å². The van der Waals surface area contributed by atoms with Gasteiger partial charge < -0.3 is 20.5 Å². The van der Waals surface area contributed by atoms with Crippen LogP contribution in [0.1, 0.15) is 42.6 Å². The zero-order valence-corrected chi connectivity index (χ0v) is 16.1. The summed E-state index contributed by atoms with van der Waals surface area (Å²) in [5.74, 6) is -1.79. The lowest BCUT2D eigenvalue weighted by atomic mass is 9.80. The molecule has 0 bridgehead atoms. The first-order chi connectivity index (χ1) is 12.7. The summed E-state index contributed by atoms with van der Waals surface area (Å²) in [4.78, 5) is 36.8. The summed E-state index contributed by atoms with van der Waals surface area (Å²) in [6.45, 7) is 6.34. The molecule has 1 aromatic carbocycles. The first kappa shape index (κ1) is 20.9. The molecule has 0 aliphatic carbocycles. The third-order valence-electron chi connectivity index (χ3n) is 5.05. The van der Waals surface area contributed by atoms with Crippen molar-refractivity contribution in [1.82, 2.24) is 10.6 Å². The molecule has 1 atom stereocenters. The van der Waals surface area contributed by atoms with E-state index in [9.17, 15) is 19.5 Å². The Morgan fingerprint density at radius 2 is 1.74 bits per heavy atom. The van der Waals surface area contributed by atoms with E-state index in [1.807, 2.05) is 32.9 Å². The fourth-order valence-electron chi connectivity index (χ4n) is 3.06. The number of carboxylic acid groups (broad SMARTS) is 1. The Labute approximate surface area is 159 Å². The molecule has 1 aliphatic heterocycles. The second kappa shape index (κ2) is 8.99. The maximum atomic E-state index is 12.7. The number of nitrogens with one attached hydrogen (secondary N) is 2. The van der Waals surface area contributed by atoms with Crippen molar-refractivity contribution in [3.8, 4) is 0 Å². The summed E-state index contributed by atoms with van der Waals surface area (Å²) in [7, 11) is 0. The van der Waals surface area contributed by atoms with Crippen molar-refractivity contribution in [3.63, 3.8) is 0 Å². The van der Waals surface area contributed by atoms with E-state index in [-0.39, 0.29) is 24.3 Å². The maximum Gasteiger partial charge on any atom is 0.311 e. The third kappa shape index (κ3) is 5.29. The summed E-state index contributed by atoms with van der Waals surface area (Å²) in [5, 5.41) is 15.1. The lowest BCUT2D eigenvalue weighted by Gasteiger charge is -2.34. The molecule has 1 fully saturated rings. The van der Waals surface area contributed by atoms with Crippen molar-refractivity contribution >= 4 is 17.8 Å². The quantitative estimate of drug-likeness (QED) is 0.672. The third-order valence-corrected chi connectivity index (χ3v) is 5.05. The topological polar surface area (TPSA) is 105 Å². The van der Waals surface area contributed by atoms with E-state index in [0.717, 1.165) is 5.56 Å². The van der Waals surface area contributed by atoms with Crippen LogP contribution in [0.3, 0.4) is 0 Å². The highest BCUT2D eigenvalue weighted by Gasteiger charge is 2.41. The van der Waals surface area contributed by atoms with Gasteiger partial charge in [0.25, 0.3) is 5.91 Å². The van der Waals surface area contributed by atoms with E-state index in [0.29, 0.717) is 31.6 Å². The van der Waals surface area contributed by atoms with Crippen LogP contribution in [-0.2, 0) is 14.3 Å². The Hall–Kier alpha value is -2.41. The van der Waals surface area contributed by atoms with E-state index in [1.54, 1.807) is 12.1 Å². The summed E-state index contributed by atoms with van der Waals surface area (Å²) < 4.78 is 5.24. The Bertz CT molecular complexity index is 678. The zero-order chi connectivity index (χ0) is 20.0. The van der Waals surface area contributed by atoms with Gasteiger partial charge in [-0.25, -0.2) is 0 Å². The van der Waals surface area contributed by atoms with Crippen LogP contribution in [0, 0.1) is 18.3 Å². The number of hydrogen-bond acceptors (Lipinski definition) is 4. The van der Waals surface area contributed by atoms with Gasteiger partial charge in [0.1, 0.15) is 6.04 Å². The molecule has 3 N–H and O–H groups in total. The number of amides is 2. The molecule has 27 heavy (non-hydrogen) atoms. The van der Waals surface area contributed by atoms with E-state index < -0.39 is 17.4 Å². The van der Waals surface area contributed by atoms with E-state index in [1.165, 1.54) is 0 Å². The predicted octanol–water partition coefficient (Wildman–Crippen LogP) is 1.75. The van der Waals surface area contributed by atoms with E-state index >= 15 is 0 Å². The molecule has 0 aromatic heterocycles. The minimum Gasteiger partial charge on any atom is -0.481 e. The van der Waals surface area contributed by atoms with Crippen LogP contribution in [-0.4, -0.2) is 48.7 Å².